The van der Waals surface area contributed by atoms with Gasteiger partial charge in [-0.2, -0.15) is 0 Å². The third kappa shape index (κ3) is 6.92. The third-order valence-electron chi connectivity index (χ3n) is 4.82. The molecule has 0 fully saturated rings. The van der Waals surface area contributed by atoms with Gasteiger partial charge >= 0.3 is 0 Å². The monoisotopic (exact) mass is 569 g/mol. The summed E-state index contributed by atoms with van der Waals surface area (Å²) in [7, 11) is 0. The molecule has 0 radical (unpaired) electrons. The van der Waals surface area contributed by atoms with Gasteiger partial charge in [0.05, 0.1) is 18.0 Å². The van der Waals surface area contributed by atoms with Gasteiger partial charge in [-0.05, 0) is 48.5 Å². The average molecular weight is 570 g/mol. The van der Waals surface area contributed by atoms with Gasteiger partial charge in [0.2, 0.25) is 5.91 Å². The standard InChI is InChI=1S/C25H21BrFN5O3S/c26-17-10-12-18(13-11-17)32-22(14-28-23(33)15-35-19-6-2-1-3-7-19)30-31-25(32)36-16-24(34)29-21-9-5-4-8-20(21)27/h1-13H,14-16H2,(H,28,33)(H,29,34). The minimum Gasteiger partial charge on any atom is -0.484 e. The summed E-state index contributed by atoms with van der Waals surface area (Å²) in [6.45, 7) is -0.0453. The molecule has 0 unspecified atom stereocenters. The minimum atomic E-state index is -0.511. The number of rotatable bonds is 10. The van der Waals surface area contributed by atoms with E-state index < -0.39 is 5.82 Å². The molecule has 3 aromatic carbocycles. The number of benzene rings is 3. The van der Waals surface area contributed by atoms with Crippen LogP contribution in [0.2, 0.25) is 0 Å². The molecule has 0 saturated carbocycles. The van der Waals surface area contributed by atoms with Crippen LogP contribution in [-0.4, -0.2) is 38.9 Å². The smallest absolute Gasteiger partial charge is 0.258 e. The number of para-hydroxylation sites is 2. The quantitative estimate of drug-likeness (QED) is 0.271. The number of hydrogen-bond donors (Lipinski definition) is 2. The maximum Gasteiger partial charge on any atom is 0.258 e. The van der Waals surface area contributed by atoms with Crippen LogP contribution in [0, 0.1) is 5.82 Å². The molecule has 8 nitrogen and oxygen atoms in total. The number of amides is 2. The van der Waals surface area contributed by atoms with Crippen LogP contribution in [-0.2, 0) is 16.1 Å². The summed E-state index contributed by atoms with van der Waals surface area (Å²) in [5, 5.41) is 14.2. The van der Waals surface area contributed by atoms with Crippen molar-refractivity contribution >= 4 is 45.2 Å². The van der Waals surface area contributed by atoms with Crippen LogP contribution in [0.4, 0.5) is 10.1 Å². The molecular formula is C25H21BrFN5O3S. The molecule has 0 spiro atoms. The van der Waals surface area contributed by atoms with E-state index in [1.807, 2.05) is 42.5 Å². The zero-order valence-electron chi connectivity index (χ0n) is 18.9. The van der Waals surface area contributed by atoms with Gasteiger partial charge in [-0.1, -0.05) is 58.0 Å². The number of aromatic nitrogens is 3. The lowest BCUT2D eigenvalue weighted by atomic mass is 10.3. The van der Waals surface area contributed by atoms with Crippen molar-refractivity contribution in [1.29, 1.82) is 0 Å². The maximum atomic E-state index is 13.8. The number of thioether (sulfide) groups is 1. The molecule has 0 aliphatic carbocycles. The van der Waals surface area contributed by atoms with Crippen LogP contribution >= 0.6 is 27.7 Å². The zero-order valence-corrected chi connectivity index (χ0v) is 21.3. The van der Waals surface area contributed by atoms with Crippen LogP contribution in [0.25, 0.3) is 5.69 Å². The lowest BCUT2D eigenvalue weighted by molar-refractivity contribution is -0.123. The highest BCUT2D eigenvalue weighted by Gasteiger charge is 2.17. The molecule has 0 atom stereocenters. The van der Waals surface area contributed by atoms with Crippen molar-refractivity contribution < 1.29 is 18.7 Å². The number of nitrogens with zero attached hydrogens (tertiary/aromatic N) is 3. The summed E-state index contributed by atoms with van der Waals surface area (Å²) in [5.41, 5.74) is 0.864. The molecule has 4 rings (SSSR count). The highest BCUT2D eigenvalue weighted by Crippen LogP contribution is 2.24. The first-order valence-electron chi connectivity index (χ1n) is 10.8. The Kier molecular flexibility index (Phi) is 8.69. The summed E-state index contributed by atoms with van der Waals surface area (Å²) in [5.74, 6) is -0.157. The van der Waals surface area contributed by atoms with Gasteiger partial charge in [0.15, 0.2) is 17.6 Å². The fraction of sp³-hybridized carbons (Fsp3) is 0.120. The van der Waals surface area contributed by atoms with Gasteiger partial charge in [0.25, 0.3) is 5.91 Å². The lowest BCUT2D eigenvalue weighted by Gasteiger charge is -2.12. The predicted octanol–water partition coefficient (Wildman–Crippen LogP) is 4.59. The van der Waals surface area contributed by atoms with Crippen LogP contribution in [0.3, 0.4) is 0 Å². The molecule has 2 amide bonds. The van der Waals surface area contributed by atoms with Crippen molar-refractivity contribution in [1.82, 2.24) is 20.1 Å². The minimum absolute atomic E-state index is 0.0136. The maximum absolute atomic E-state index is 13.8. The van der Waals surface area contributed by atoms with Crippen molar-refractivity contribution in [3.05, 3.63) is 95.0 Å². The Morgan fingerprint density at radius 1 is 0.944 bits per heavy atom. The van der Waals surface area contributed by atoms with Gasteiger partial charge in [-0.25, -0.2) is 4.39 Å². The summed E-state index contributed by atoms with van der Waals surface area (Å²) >= 11 is 4.57. The van der Waals surface area contributed by atoms with Crippen LogP contribution in [0.5, 0.6) is 5.75 Å². The average Bonchev–Trinajstić information content (AvgIpc) is 3.30. The number of ether oxygens (including phenoxy) is 1. The summed E-state index contributed by atoms with van der Waals surface area (Å²) in [4.78, 5) is 24.7. The molecule has 11 heteroatoms. The Hall–Kier alpha value is -3.70. The van der Waals surface area contributed by atoms with E-state index in [1.165, 1.54) is 12.1 Å². The van der Waals surface area contributed by atoms with Crippen LogP contribution in [0.1, 0.15) is 5.82 Å². The Bertz CT molecular complexity index is 1340. The Morgan fingerprint density at radius 2 is 1.67 bits per heavy atom. The molecule has 1 heterocycles. The summed E-state index contributed by atoms with van der Waals surface area (Å²) in [6.07, 6.45) is 0. The number of carbonyl (C=O) groups excluding carboxylic acids is 2. The molecule has 0 saturated heterocycles. The number of anilines is 1. The zero-order chi connectivity index (χ0) is 25.3. The van der Waals surface area contributed by atoms with Gasteiger partial charge in [-0.3, -0.25) is 14.2 Å². The normalized spacial score (nSPS) is 10.6. The molecule has 1 aromatic heterocycles. The van der Waals surface area contributed by atoms with Gasteiger partial charge in [-0.15, -0.1) is 10.2 Å². The first-order valence-corrected chi connectivity index (χ1v) is 12.6. The van der Waals surface area contributed by atoms with E-state index in [0.29, 0.717) is 16.7 Å². The Morgan fingerprint density at radius 3 is 2.42 bits per heavy atom. The lowest BCUT2D eigenvalue weighted by Crippen LogP contribution is -2.29. The van der Waals surface area contributed by atoms with Crippen LogP contribution in [0.15, 0.2) is 88.5 Å². The molecule has 36 heavy (non-hydrogen) atoms. The molecule has 184 valence electrons. The van der Waals surface area contributed by atoms with Crippen molar-refractivity contribution in [3.63, 3.8) is 0 Å². The van der Waals surface area contributed by atoms with Crippen molar-refractivity contribution in [2.24, 2.45) is 0 Å². The summed E-state index contributed by atoms with van der Waals surface area (Å²) < 4.78 is 22.0. The molecule has 0 aliphatic rings. The number of halogens is 2. The van der Waals surface area contributed by atoms with E-state index in [2.05, 4.69) is 36.8 Å². The first-order chi connectivity index (χ1) is 17.5. The fourth-order valence-corrected chi connectivity index (χ4v) is 4.17. The number of carbonyl (C=O) groups is 2. The van der Waals surface area contributed by atoms with E-state index in [-0.39, 0.29) is 36.4 Å². The SMILES string of the molecule is O=C(COc1ccccc1)NCc1nnc(SCC(=O)Nc2ccccc2F)n1-c1ccc(Br)cc1. The Balaban J connectivity index is 1.43. The number of nitrogens with one attached hydrogen (secondary N) is 2. The second kappa shape index (κ2) is 12.3. The largest absolute Gasteiger partial charge is 0.484 e. The molecule has 2 N–H and O–H groups in total. The summed E-state index contributed by atoms with van der Waals surface area (Å²) in [6, 6.07) is 22.5. The Labute approximate surface area is 219 Å². The highest BCUT2D eigenvalue weighted by molar-refractivity contribution is 9.10. The van der Waals surface area contributed by atoms with E-state index >= 15 is 0 Å². The van der Waals surface area contributed by atoms with Crippen molar-refractivity contribution in [2.45, 2.75) is 11.7 Å². The van der Waals surface area contributed by atoms with Crippen LogP contribution < -0.4 is 15.4 Å². The predicted molar refractivity (Wildman–Crippen MR) is 139 cm³/mol. The first kappa shape index (κ1) is 25.4. The van der Waals surface area contributed by atoms with Gasteiger partial charge in [0, 0.05) is 10.2 Å². The molecule has 4 aromatic rings. The van der Waals surface area contributed by atoms with E-state index in [4.69, 9.17) is 4.74 Å². The van der Waals surface area contributed by atoms with E-state index in [9.17, 15) is 14.0 Å². The fourth-order valence-electron chi connectivity index (χ4n) is 3.13. The second-order valence-electron chi connectivity index (χ2n) is 7.41. The van der Waals surface area contributed by atoms with Gasteiger partial charge in [0.1, 0.15) is 11.6 Å². The molecular weight excluding hydrogens is 549 g/mol. The number of hydrogen-bond acceptors (Lipinski definition) is 6. The molecule has 0 aliphatic heterocycles. The third-order valence-corrected chi connectivity index (χ3v) is 6.28. The van der Waals surface area contributed by atoms with Gasteiger partial charge < -0.3 is 15.4 Å². The topological polar surface area (TPSA) is 98.1 Å². The van der Waals surface area contributed by atoms with Crippen molar-refractivity contribution in [2.75, 3.05) is 17.7 Å². The van der Waals surface area contributed by atoms with E-state index in [1.54, 1.807) is 28.8 Å². The second-order valence-corrected chi connectivity index (χ2v) is 9.26. The van der Waals surface area contributed by atoms with E-state index in [0.717, 1.165) is 21.9 Å². The highest BCUT2D eigenvalue weighted by atomic mass is 79.9. The molecule has 0 bridgehead atoms. The van der Waals surface area contributed by atoms with Crippen molar-refractivity contribution in [3.8, 4) is 11.4 Å².